The summed E-state index contributed by atoms with van der Waals surface area (Å²) in [6, 6.07) is 0.0470. The Morgan fingerprint density at radius 1 is 1.38 bits per heavy atom. The maximum atomic E-state index is 11.5. The Labute approximate surface area is 99.6 Å². The Hall–Kier alpha value is -0.420. The number of hydrogen-bond donors (Lipinski definition) is 1. The number of rotatable bonds is 4. The van der Waals surface area contributed by atoms with Crippen LogP contribution in [0.1, 0.15) is 26.7 Å². The zero-order valence-electron chi connectivity index (χ0n) is 10.2. The molecule has 1 atom stereocenters. The van der Waals surface area contributed by atoms with E-state index >= 15 is 0 Å². The number of esters is 1. The molecule has 4 nitrogen and oxygen atoms in total. The first-order valence-electron chi connectivity index (χ1n) is 5.73. The van der Waals surface area contributed by atoms with Crippen LogP contribution in [0.5, 0.6) is 0 Å². The van der Waals surface area contributed by atoms with Crippen molar-refractivity contribution in [3.63, 3.8) is 0 Å². The highest BCUT2D eigenvalue weighted by Gasteiger charge is 2.27. The molecule has 1 saturated heterocycles. The molecule has 16 heavy (non-hydrogen) atoms. The molecule has 0 amide bonds. The summed E-state index contributed by atoms with van der Waals surface area (Å²) in [5.74, 6) is 1.48. The smallest absolute Gasteiger partial charge is 0.323 e. The minimum atomic E-state index is -0.655. The summed E-state index contributed by atoms with van der Waals surface area (Å²) >= 11 is 0. The fraction of sp³-hybridized carbons (Fsp3) is 0.909. The highest BCUT2D eigenvalue weighted by atomic mass is 32.2. The minimum absolute atomic E-state index is 0.207. The minimum Gasteiger partial charge on any atom is -0.468 e. The van der Waals surface area contributed by atoms with E-state index in [1.54, 1.807) is 0 Å². The molecule has 1 aliphatic rings. The summed E-state index contributed by atoms with van der Waals surface area (Å²) in [7, 11) is 0.757. The number of hydrogen-bond acceptors (Lipinski definition) is 4. The van der Waals surface area contributed by atoms with Gasteiger partial charge < -0.3 is 10.1 Å². The Kier molecular flexibility index (Phi) is 5.41. The highest BCUT2D eigenvalue weighted by Crippen LogP contribution is 2.13. The van der Waals surface area contributed by atoms with E-state index in [2.05, 4.69) is 5.32 Å². The fourth-order valence-corrected chi connectivity index (χ4v) is 3.17. The highest BCUT2D eigenvalue weighted by molar-refractivity contribution is 7.85. The quantitative estimate of drug-likeness (QED) is 0.742. The van der Waals surface area contributed by atoms with Crippen LogP contribution in [-0.2, 0) is 20.3 Å². The van der Waals surface area contributed by atoms with Crippen molar-refractivity contribution in [1.82, 2.24) is 5.32 Å². The molecule has 0 saturated carbocycles. The van der Waals surface area contributed by atoms with Crippen LogP contribution in [0, 0.1) is 5.92 Å². The molecule has 1 fully saturated rings. The monoisotopic (exact) mass is 247 g/mol. The molecule has 0 radical (unpaired) electrons. The summed E-state index contributed by atoms with van der Waals surface area (Å²) in [5.41, 5.74) is 0. The summed E-state index contributed by atoms with van der Waals surface area (Å²) in [5, 5.41) is 3.32. The molecule has 1 unspecified atom stereocenters. The van der Waals surface area contributed by atoms with E-state index in [0.717, 1.165) is 24.3 Å². The van der Waals surface area contributed by atoms with Crippen LogP contribution < -0.4 is 5.32 Å². The lowest BCUT2D eigenvalue weighted by Gasteiger charge is -2.28. The summed E-state index contributed by atoms with van der Waals surface area (Å²) in [6.07, 6.45) is 1.76. The number of ether oxygens (including phenoxy) is 1. The Morgan fingerprint density at radius 3 is 2.38 bits per heavy atom. The Bertz CT molecular complexity index is 258. The Balaban J connectivity index is 2.48. The van der Waals surface area contributed by atoms with Crippen molar-refractivity contribution < 1.29 is 13.7 Å². The van der Waals surface area contributed by atoms with Crippen LogP contribution in [0.4, 0.5) is 0 Å². The van der Waals surface area contributed by atoms with E-state index in [1.807, 2.05) is 13.8 Å². The van der Waals surface area contributed by atoms with Gasteiger partial charge in [-0.1, -0.05) is 13.8 Å². The van der Waals surface area contributed by atoms with Crippen LogP contribution in [0.25, 0.3) is 0 Å². The molecule has 0 aliphatic carbocycles. The molecule has 0 aromatic carbocycles. The zero-order valence-corrected chi connectivity index (χ0v) is 11.0. The normalized spacial score (nSPS) is 27.8. The van der Waals surface area contributed by atoms with Crippen LogP contribution in [0.3, 0.4) is 0 Å². The second-order valence-electron chi connectivity index (χ2n) is 4.53. The predicted octanol–water partition coefficient (Wildman–Crippen LogP) is 0.685. The third kappa shape index (κ3) is 3.87. The van der Waals surface area contributed by atoms with E-state index < -0.39 is 10.8 Å². The van der Waals surface area contributed by atoms with Gasteiger partial charge >= 0.3 is 5.97 Å². The maximum Gasteiger partial charge on any atom is 0.323 e. The first kappa shape index (κ1) is 13.6. The molecule has 0 bridgehead atoms. The molecule has 94 valence electrons. The molecule has 0 aromatic heterocycles. The van der Waals surface area contributed by atoms with Crippen LogP contribution >= 0.6 is 0 Å². The lowest BCUT2D eigenvalue weighted by atomic mass is 10.0. The van der Waals surface area contributed by atoms with E-state index in [4.69, 9.17) is 4.74 Å². The van der Waals surface area contributed by atoms with Gasteiger partial charge in [-0.15, -0.1) is 0 Å². The fourth-order valence-electron chi connectivity index (χ4n) is 1.87. The van der Waals surface area contributed by atoms with Gasteiger partial charge in [0.2, 0.25) is 0 Å². The van der Waals surface area contributed by atoms with Gasteiger partial charge in [0.25, 0.3) is 0 Å². The van der Waals surface area contributed by atoms with Gasteiger partial charge in [-0.25, -0.2) is 0 Å². The lowest BCUT2D eigenvalue weighted by Crippen LogP contribution is -2.49. The lowest BCUT2D eigenvalue weighted by molar-refractivity contribution is -0.144. The number of methoxy groups -OCH3 is 1. The van der Waals surface area contributed by atoms with Crippen molar-refractivity contribution >= 4 is 16.8 Å². The van der Waals surface area contributed by atoms with Crippen molar-refractivity contribution in [3.8, 4) is 0 Å². The number of carbonyl (C=O) groups excluding carboxylic acids is 1. The van der Waals surface area contributed by atoms with Crippen molar-refractivity contribution in [1.29, 1.82) is 0 Å². The molecule has 1 rings (SSSR count). The average molecular weight is 247 g/mol. The zero-order chi connectivity index (χ0) is 12.1. The van der Waals surface area contributed by atoms with E-state index in [9.17, 15) is 9.00 Å². The topological polar surface area (TPSA) is 55.4 Å². The van der Waals surface area contributed by atoms with Crippen LogP contribution in [-0.4, -0.2) is 40.9 Å². The number of nitrogens with one attached hydrogen (secondary N) is 1. The van der Waals surface area contributed by atoms with Gasteiger partial charge in [0.1, 0.15) is 6.04 Å². The van der Waals surface area contributed by atoms with E-state index in [-0.39, 0.29) is 17.9 Å². The van der Waals surface area contributed by atoms with Crippen LogP contribution in [0.15, 0.2) is 0 Å². The largest absolute Gasteiger partial charge is 0.468 e. The number of carbonyl (C=O) groups is 1. The van der Waals surface area contributed by atoms with Gasteiger partial charge in [-0.05, 0) is 18.8 Å². The van der Waals surface area contributed by atoms with Crippen LogP contribution in [0.2, 0.25) is 0 Å². The van der Waals surface area contributed by atoms with Gasteiger partial charge in [0.05, 0.1) is 7.11 Å². The van der Waals surface area contributed by atoms with Crippen molar-refractivity contribution in [2.45, 2.75) is 38.8 Å². The summed E-state index contributed by atoms with van der Waals surface area (Å²) < 4.78 is 16.0. The van der Waals surface area contributed by atoms with Crippen molar-refractivity contribution in [2.24, 2.45) is 5.92 Å². The van der Waals surface area contributed by atoms with E-state index in [0.29, 0.717) is 6.04 Å². The molecule has 1 heterocycles. The van der Waals surface area contributed by atoms with Gasteiger partial charge in [-0.2, -0.15) is 0 Å². The second-order valence-corrected chi connectivity index (χ2v) is 6.23. The standard InChI is InChI=1S/C11H21NO3S/c1-8(2)10(11(13)15-3)12-9-4-6-16(14)7-5-9/h8-10,12H,4-7H2,1-3H3. The molecule has 0 aromatic rings. The van der Waals surface area contributed by atoms with E-state index in [1.165, 1.54) is 7.11 Å². The molecule has 5 heteroatoms. The SMILES string of the molecule is COC(=O)C(NC1CCS(=O)CC1)C(C)C. The molecule has 1 N–H and O–H groups in total. The van der Waals surface area contributed by atoms with Crippen molar-refractivity contribution in [3.05, 3.63) is 0 Å². The molecule has 1 aliphatic heterocycles. The Morgan fingerprint density at radius 2 is 1.94 bits per heavy atom. The van der Waals surface area contributed by atoms with Gasteiger partial charge in [0.15, 0.2) is 0 Å². The third-order valence-corrected chi connectivity index (χ3v) is 4.31. The molecular weight excluding hydrogens is 226 g/mol. The average Bonchev–Trinajstić information content (AvgIpc) is 2.27. The first-order valence-corrected chi connectivity index (χ1v) is 7.22. The second kappa shape index (κ2) is 6.35. The predicted molar refractivity (Wildman–Crippen MR) is 64.7 cm³/mol. The summed E-state index contributed by atoms with van der Waals surface area (Å²) in [6.45, 7) is 3.99. The van der Waals surface area contributed by atoms with Crippen molar-refractivity contribution in [2.75, 3.05) is 18.6 Å². The summed E-state index contributed by atoms with van der Waals surface area (Å²) in [4.78, 5) is 11.5. The molecular formula is C11H21NO3S. The maximum absolute atomic E-state index is 11.5. The van der Waals surface area contributed by atoms with Gasteiger partial charge in [0, 0.05) is 28.3 Å². The first-order chi connectivity index (χ1) is 7.54. The third-order valence-electron chi connectivity index (χ3n) is 2.93. The van der Waals surface area contributed by atoms with Gasteiger partial charge in [-0.3, -0.25) is 9.00 Å². The molecule has 0 spiro atoms.